The zero-order chi connectivity index (χ0) is 30.8. The van der Waals surface area contributed by atoms with E-state index in [9.17, 15) is 14.4 Å². The second kappa shape index (κ2) is 13.1. The summed E-state index contributed by atoms with van der Waals surface area (Å²) in [5.41, 5.74) is 4.25. The van der Waals surface area contributed by atoms with Gasteiger partial charge in [-0.25, -0.2) is 4.98 Å². The standard InChI is InChI=1S/C34H35Cl2N5O3/c1-38(33(43)22-41-30-19-28(36)27(35)18-29(30)37-20-32(41)42)31(21-39-13-2-3-14-39)24-11-9-23(10-12-24)25-7-6-8-26(17-25)34(44)40-15-4-5-16-40/h6-12,17-20,31H,2-5,13-16,21-22H2,1H3. The summed E-state index contributed by atoms with van der Waals surface area (Å²) in [4.78, 5) is 49.8. The fourth-order valence-corrected chi connectivity index (χ4v) is 6.55. The van der Waals surface area contributed by atoms with Gasteiger partial charge in [0.25, 0.3) is 11.5 Å². The molecule has 0 spiro atoms. The van der Waals surface area contributed by atoms with Crippen molar-refractivity contribution in [3.8, 4) is 11.1 Å². The lowest BCUT2D eigenvalue weighted by atomic mass is 9.98. The summed E-state index contributed by atoms with van der Waals surface area (Å²) < 4.78 is 1.40. The lowest BCUT2D eigenvalue weighted by Crippen LogP contribution is -2.41. The molecule has 8 nitrogen and oxygen atoms in total. The monoisotopic (exact) mass is 631 g/mol. The van der Waals surface area contributed by atoms with Crippen LogP contribution in [0, 0.1) is 0 Å². The van der Waals surface area contributed by atoms with E-state index in [4.69, 9.17) is 23.2 Å². The number of hydrogen-bond acceptors (Lipinski definition) is 5. The van der Waals surface area contributed by atoms with Gasteiger partial charge in [-0.2, -0.15) is 0 Å². The SMILES string of the molecule is CN(C(=O)Cn1c(=O)cnc2cc(Cl)c(Cl)cc21)C(CN1CCCC1)c1ccc(-c2cccc(C(=O)N3CCCC3)c2)cc1. The van der Waals surface area contributed by atoms with E-state index >= 15 is 0 Å². The molecular formula is C34H35Cl2N5O3. The molecule has 0 saturated carbocycles. The normalized spacial score (nSPS) is 16.0. The first-order chi connectivity index (χ1) is 21.3. The average Bonchev–Trinajstić information content (AvgIpc) is 3.77. The van der Waals surface area contributed by atoms with Gasteiger partial charge < -0.3 is 14.7 Å². The van der Waals surface area contributed by atoms with Crippen molar-refractivity contribution in [3.05, 3.63) is 98.4 Å². The number of carbonyl (C=O) groups is 2. The van der Waals surface area contributed by atoms with E-state index in [2.05, 4.69) is 34.1 Å². The first-order valence-corrected chi connectivity index (χ1v) is 15.9. The van der Waals surface area contributed by atoms with Crippen LogP contribution in [-0.2, 0) is 11.3 Å². The number of aromatic nitrogens is 2. The molecule has 3 heterocycles. The van der Waals surface area contributed by atoms with Crippen LogP contribution in [0.4, 0.5) is 0 Å². The van der Waals surface area contributed by atoms with Crippen LogP contribution in [0.25, 0.3) is 22.2 Å². The van der Waals surface area contributed by atoms with Gasteiger partial charge >= 0.3 is 0 Å². The van der Waals surface area contributed by atoms with Crippen molar-refractivity contribution in [1.29, 1.82) is 0 Å². The Hall–Kier alpha value is -3.72. The summed E-state index contributed by atoms with van der Waals surface area (Å²) in [5.74, 6) is -0.120. The van der Waals surface area contributed by atoms with Crippen LogP contribution in [0.5, 0.6) is 0 Å². The van der Waals surface area contributed by atoms with Gasteiger partial charge in [0.05, 0.1) is 33.3 Å². The van der Waals surface area contributed by atoms with E-state index in [0.29, 0.717) is 33.2 Å². The highest BCUT2D eigenvalue weighted by molar-refractivity contribution is 6.42. The minimum atomic E-state index is -0.386. The maximum atomic E-state index is 13.8. The Balaban J connectivity index is 1.26. The number of likely N-dealkylation sites (N-methyl/N-ethyl adjacent to an activating group) is 1. The van der Waals surface area contributed by atoms with Crippen molar-refractivity contribution in [2.45, 2.75) is 38.3 Å². The number of rotatable bonds is 8. The van der Waals surface area contributed by atoms with Gasteiger partial charge in [-0.3, -0.25) is 19.0 Å². The fourth-order valence-electron chi connectivity index (χ4n) is 6.24. The van der Waals surface area contributed by atoms with Crippen LogP contribution in [0.3, 0.4) is 0 Å². The number of likely N-dealkylation sites (tertiary alicyclic amines) is 2. The van der Waals surface area contributed by atoms with Crippen LogP contribution in [0.2, 0.25) is 10.0 Å². The quantitative estimate of drug-likeness (QED) is 0.242. The lowest BCUT2D eigenvalue weighted by molar-refractivity contribution is -0.133. The van der Waals surface area contributed by atoms with Crippen molar-refractivity contribution in [2.24, 2.45) is 0 Å². The maximum Gasteiger partial charge on any atom is 0.269 e. The molecule has 3 aromatic carbocycles. The number of nitrogens with zero attached hydrogens (tertiary/aromatic N) is 5. The van der Waals surface area contributed by atoms with E-state index in [1.165, 1.54) is 10.8 Å². The molecule has 44 heavy (non-hydrogen) atoms. The maximum absolute atomic E-state index is 13.8. The molecule has 6 rings (SSSR count). The minimum Gasteiger partial charge on any atom is -0.339 e. The molecule has 228 valence electrons. The molecule has 0 aliphatic carbocycles. The molecule has 1 atom stereocenters. The number of amides is 2. The summed E-state index contributed by atoms with van der Waals surface area (Å²) in [6.07, 6.45) is 5.59. The van der Waals surface area contributed by atoms with Gasteiger partial charge in [0.2, 0.25) is 5.91 Å². The third-order valence-corrected chi connectivity index (χ3v) is 9.53. The summed E-state index contributed by atoms with van der Waals surface area (Å²) in [7, 11) is 1.79. The van der Waals surface area contributed by atoms with Crippen LogP contribution < -0.4 is 5.56 Å². The third kappa shape index (κ3) is 6.39. The molecule has 2 aliphatic heterocycles. The highest BCUT2D eigenvalue weighted by Crippen LogP contribution is 2.29. The van der Waals surface area contributed by atoms with Crippen LogP contribution >= 0.6 is 23.2 Å². The average molecular weight is 633 g/mol. The molecule has 0 N–H and O–H groups in total. The lowest BCUT2D eigenvalue weighted by Gasteiger charge is -2.32. The van der Waals surface area contributed by atoms with E-state index in [0.717, 1.165) is 68.6 Å². The van der Waals surface area contributed by atoms with Crippen molar-refractivity contribution in [2.75, 3.05) is 39.8 Å². The van der Waals surface area contributed by atoms with E-state index in [1.54, 1.807) is 24.1 Å². The van der Waals surface area contributed by atoms with Gasteiger partial charge in [-0.05, 0) is 79.7 Å². The Kier molecular flexibility index (Phi) is 9.03. The zero-order valence-electron chi connectivity index (χ0n) is 24.7. The van der Waals surface area contributed by atoms with Crippen LogP contribution in [-0.4, -0.2) is 75.8 Å². The molecule has 0 radical (unpaired) electrons. The Morgan fingerprint density at radius 1 is 0.886 bits per heavy atom. The molecule has 1 aromatic heterocycles. The van der Waals surface area contributed by atoms with Gasteiger partial charge in [0.1, 0.15) is 6.54 Å². The zero-order valence-corrected chi connectivity index (χ0v) is 26.2. The van der Waals surface area contributed by atoms with Crippen LogP contribution in [0.15, 0.2) is 71.7 Å². The largest absolute Gasteiger partial charge is 0.339 e. The second-order valence-electron chi connectivity index (χ2n) is 11.7. The minimum absolute atomic E-state index is 0.0817. The Morgan fingerprint density at radius 2 is 1.57 bits per heavy atom. The van der Waals surface area contributed by atoms with Gasteiger partial charge in [-0.1, -0.05) is 59.6 Å². The molecule has 4 aromatic rings. The second-order valence-corrected chi connectivity index (χ2v) is 12.5. The van der Waals surface area contributed by atoms with Crippen molar-refractivity contribution in [3.63, 3.8) is 0 Å². The Labute approximate surface area is 266 Å². The first-order valence-electron chi connectivity index (χ1n) is 15.1. The highest BCUT2D eigenvalue weighted by atomic mass is 35.5. The molecule has 0 bridgehead atoms. The first kappa shape index (κ1) is 30.3. The van der Waals surface area contributed by atoms with Crippen molar-refractivity contribution < 1.29 is 9.59 Å². The molecule has 2 amide bonds. The molecule has 2 saturated heterocycles. The smallest absolute Gasteiger partial charge is 0.269 e. The van der Waals surface area contributed by atoms with Gasteiger partial charge in [0, 0.05) is 32.2 Å². The Morgan fingerprint density at radius 3 is 2.30 bits per heavy atom. The third-order valence-electron chi connectivity index (χ3n) is 8.80. The number of halogens is 2. The number of carbonyl (C=O) groups excluding carboxylic acids is 2. The Bertz CT molecular complexity index is 1740. The van der Waals surface area contributed by atoms with Gasteiger partial charge in [-0.15, -0.1) is 0 Å². The van der Waals surface area contributed by atoms with Crippen molar-refractivity contribution in [1.82, 2.24) is 24.3 Å². The molecular weight excluding hydrogens is 597 g/mol. The molecule has 2 fully saturated rings. The number of benzene rings is 3. The number of hydrogen-bond donors (Lipinski definition) is 0. The predicted octanol–water partition coefficient (Wildman–Crippen LogP) is 5.90. The van der Waals surface area contributed by atoms with Crippen LogP contribution in [0.1, 0.15) is 47.6 Å². The summed E-state index contributed by atoms with van der Waals surface area (Å²) in [6.45, 7) is 4.14. The van der Waals surface area contributed by atoms with E-state index in [-0.39, 0.29) is 30.0 Å². The molecule has 2 aliphatic rings. The fraction of sp³-hybridized carbons (Fsp3) is 0.353. The van der Waals surface area contributed by atoms with E-state index in [1.807, 2.05) is 29.2 Å². The summed E-state index contributed by atoms with van der Waals surface area (Å²) in [5, 5.41) is 0.624. The summed E-state index contributed by atoms with van der Waals surface area (Å²) in [6, 6.07) is 19.0. The molecule has 10 heteroatoms. The highest BCUT2D eigenvalue weighted by Gasteiger charge is 2.27. The summed E-state index contributed by atoms with van der Waals surface area (Å²) >= 11 is 12.4. The molecule has 1 unspecified atom stereocenters. The number of fused-ring (bicyclic) bond motifs is 1. The van der Waals surface area contributed by atoms with Gasteiger partial charge in [0.15, 0.2) is 0 Å². The predicted molar refractivity (Wildman–Crippen MR) is 174 cm³/mol. The topological polar surface area (TPSA) is 78.8 Å². The van der Waals surface area contributed by atoms with Crippen molar-refractivity contribution >= 4 is 46.0 Å². The van der Waals surface area contributed by atoms with E-state index < -0.39 is 0 Å².